The fraction of sp³-hybridized carbons (Fsp3) is 0.962. The molecule has 1 rings (SSSR count). The molecule has 6 nitrogen and oxygen atoms in total. The van der Waals surface area contributed by atoms with Crippen LogP contribution in [0.1, 0.15) is 122 Å². The third-order valence-electron chi connectivity index (χ3n) is 6.51. The Kier molecular flexibility index (Phi) is 18.1. The first-order valence-electron chi connectivity index (χ1n) is 13.4. The van der Waals surface area contributed by atoms with Crippen LogP contribution in [0, 0.1) is 0 Å². The van der Waals surface area contributed by atoms with Crippen LogP contribution in [0.15, 0.2) is 0 Å². The van der Waals surface area contributed by atoms with Crippen molar-refractivity contribution in [2.75, 3.05) is 13.2 Å². The molecule has 1 fully saturated rings. The average Bonchev–Trinajstić information content (AvgIpc) is 2.78. The van der Waals surface area contributed by atoms with Gasteiger partial charge < -0.3 is 24.8 Å². The number of carbonyl (C=O) groups excluding carboxylic acids is 1. The van der Waals surface area contributed by atoms with Gasteiger partial charge in [-0.2, -0.15) is 0 Å². The summed E-state index contributed by atoms with van der Waals surface area (Å²) >= 11 is 0. The van der Waals surface area contributed by atoms with Gasteiger partial charge in [0.15, 0.2) is 6.10 Å². The van der Waals surface area contributed by atoms with E-state index < -0.39 is 30.4 Å². The van der Waals surface area contributed by atoms with E-state index in [1.807, 2.05) is 0 Å². The minimum absolute atomic E-state index is 0.0562. The quantitative estimate of drug-likeness (QED) is 0.174. The second kappa shape index (κ2) is 19.7. The van der Waals surface area contributed by atoms with Crippen LogP contribution in [0.5, 0.6) is 0 Å². The van der Waals surface area contributed by atoms with Crippen LogP contribution >= 0.6 is 0 Å². The number of hydrogen-bond donors (Lipinski definition) is 3. The second-order valence-electron chi connectivity index (χ2n) is 9.47. The highest BCUT2D eigenvalue weighted by Gasteiger charge is 2.40. The van der Waals surface area contributed by atoms with Crippen molar-refractivity contribution in [2.45, 2.75) is 147 Å². The SMILES string of the molecule is CCCCCCCCCCCCCCCCCCCC(=O)O[C@H]1[C@H](O)[C@@H](CO)OC[C@H]1O. The van der Waals surface area contributed by atoms with E-state index in [0.717, 1.165) is 19.3 Å². The highest BCUT2D eigenvalue weighted by Crippen LogP contribution is 2.20. The third-order valence-corrected chi connectivity index (χ3v) is 6.51. The molecule has 0 spiro atoms. The summed E-state index contributed by atoms with van der Waals surface area (Å²) in [7, 11) is 0. The van der Waals surface area contributed by atoms with Crippen molar-refractivity contribution >= 4 is 5.97 Å². The number of unbranched alkanes of at least 4 members (excludes halogenated alkanes) is 16. The van der Waals surface area contributed by atoms with Gasteiger partial charge in [-0.05, 0) is 6.42 Å². The van der Waals surface area contributed by atoms with Crippen molar-refractivity contribution in [3.8, 4) is 0 Å². The molecule has 0 aromatic rings. The lowest BCUT2D eigenvalue weighted by atomic mass is 10.0. The Morgan fingerprint density at radius 3 is 1.66 bits per heavy atom. The van der Waals surface area contributed by atoms with Gasteiger partial charge in [0.1, 0.15) is 18.3 Å². The topological polar surface area (TPSA) is 96.2 Å². The first-order chi connectivity index (χ1) is 15.6. The average molecular weight is 459 g/mol. The molecule has 4 atom stereocenters. The fourth-order valence-electron chi connectivity index (χ4n) is 4.37. The first kappa shape index (κ1) is 29.3. The van der Waals surface area contributed by atoms with Gasteiger partial charge >= 0.3 is 5.97 Å². The molecule has 0 saturated carbocycles. The van der Waals surface area contributed by atoms with E-state index >= 15 is 0 Å². The lowest BCUT2D eigenvalue weighted by Gasteiger charge is -2.36. The molecule has 32 heavy (non-hydrogen) atoms. The number of carbonyl (C=O) groups is 1. The Labute approximate surface area is 196 Å². The molecule has 0 radical (unpaired) electrons. The van der Waals surface area contributed by atoms with Crippen LogP contribution in [-0.2, 0) is 14.3 Å². The molecule has 0 amide bonds. The minimum Gasteiger partial charge on any atom is -0.457 e. The Bertz CT molecular complexity index is 444. The molecule has 3 N–H and O–H groups in total. The maximum atomic E-state index is 12.0. The first-order valence-corrected chi connectivity index (χ1v) is 13.4. The van der Waals surface area contributed by atoms with E-state index in [0.29, 0.717) is 6.42 Å². The number of rotatable bonds is 20. The molecule has 1 saturated heterocycles. The summed E-state index contributed by atoms with van der Waals surface area (Å²) in [6, 6.07) is 0. The van der Waals surface area contributed by atoms with Crippen LogP contribution in [0.2, 0.25) is 0 Å². The molecule has 0 unspecified atom stereocenters. The summed E-state index contributed by atoms with van der Waals surface area (Å²) in [5.74, 6) is -0.410. The molecule has 1 aliphatic heterocycles. The summed E-state index contributed by atoms with van der Waals surface area (Å²) in [6.45, 7) is 1.84. The van der Waals surface area contributed by atoms with E-state index in [1.54, 1.807) is 0 Å². The van der Waals surface area contributed by atoms with E-state index in [9.17, 15) is 15.0 Å². The van der Waals surface area contributed by atoms with Gasteiger partial charge in [-0.15, -0.1) is 0 Å². The lowest BCUT2D eigenvalue weighted by molar-refractivity contribution is -0.213. The molecule has 1 heterocycles. The smallest absolute Gasteiger partial charge is 0.306 e. The monoisotopic (exact) mass is 458 g/mol. The molecule has 0 aromatic carbocycles. The number of hydrogen-bond acceptors (Lipinski definition) is 6. The van der Waals surface area contributed by atoms with Crippen molar-refractivity contribution in [3.05, 3.63) is 0 Å². The van der Waals surface area contributed by atoms with Crippen LogP contribution in [0.4, 0.5) is 0 Å². The van der Waals surface area contributed by atoms with Crippen LogP contribution in [0.3, 0.4) is 0 Å². The summed E-state index contributed by atoms with van der Waals surface area (Å²) in [5.41, 5.74) is 0. The predicted octanol–water partition coefficient (Wildman–Crippen LogP) is 5.05. The Hall–Kier alpha value is -0.690. The number of aliphatic hydroxyl groups is 3. The van der Waals surface area contributed by atoms with Gasteiger partial charge in [0, 0.05) is 6.42 Å². The van der Waals surface area contributed by atoms with E-state index in [2.05, 4.69) is 6.92 Å². The fourth-order valence-corrected chi connectivity index (χ4v) is 4.37. The van der Waals surface area contributed by atoms with Gasteiger partial charge in [-0.3, -0.25) is 4.79 Å². The number of ether oxygens (including phenoxy) is 2. The van der Waals surface area contributed by atoms with E-state index in [1.165, 1.54) is 89.9 Å². The molecular formula is C26H50O6. The van der Waals surface area contributed by atoms with Crippen molar-refractivity contribution in [2.24, 2.45) is 0 Å². The largest absolute Gasteiger partial charge is 0.457 e. The van der Waals surface area contributed by atoms with Gasteiger partial charge in [-0.25, -0.2) is 0 Å². The van der Waals surface area contributed by atoms with E-state index in [-0.39, 0.29) is 13.2 Å². The van der Waals surface area contributed by atoms with Crippen LogP contribution in [-0.4, -0.2) is 58.9 Å². The zero-order valence-electron chi connectivity index (χ0n) is 20.5. The zero-order valence-corrected chi connectivity index (χ0v) is 20.5. The van der Waals surface area contributed by atoms with Crippen LogP contribution in [0.25, 0.3) is 0 Å². The Morgan fingerprint density at radius 1 is 0.781 bits per heavy atom. The summed E-state index contributed by atoms with van der Waals surface area (Å²) < 4.78 is 10.4. The summed E-state index contributed by atoms with van der Waals surface area (Å²) in [4.78, 5) is 12.0. The number of esters is 1. The Balaban J connectivity index is 1.87. The lowest BCUT2D eigenvalue weighted by Crippen LogP contribution is -2.55. The normalized spacial score (nSPS) is 23.4. The number of aliphatic hydroxyl groups excluding tert-OH is 3. The highest BCUT2D eigenvalue weighted by atomic mass is 16.6. The zero-order chi connectivity index (χ0) is 23.4. The molecule has 0 aliphatic carbocycles. The molecule has 6 heteroatoms. The second-order valence-corrected chi connectivity index (χ2v) is 9.47. The van der Waals surface area contributed by atoms with Crippen molar-refractivity contribution in [1.29, 1.82) is 0 Å². The third kappa shape index (κ3) is 13.8. The van der Waals surface area contributed by atoms with Crippen molar-refractivity contribution < 1.29 is 29.6 Å². The standard InChI is InChI=1S/C26H50O6/c1-2-3-4-5-6-7-8-9-10-11-12-13-14-15-16-17-18-19-24(29)32-26-22(28)21-31-23(20-27)25(26)30/h22-23,25-28,30H,2-21H2,1H3/t22-,23-,25-,26-/m1/s1. The minimum atomic E-state index is -1.21. The maximum absolute atomic E-state index is 12.0. The summed E-state index contributed by atoms with van der Waals surface area (Å²) in [6.07, 6.45) is 18.1. The maximum Gasteiger partial charge on any atom is 0.306 e. The van der Waals surface area contributed by atoms with Crippen molar-refractivity contribution in [1.82, 2.24) is 0 Å². The van der Waals surface area contributed by atoms with Crippen molar-refractivity contribution in [3.63, 3.8) is 0 Å². The van der Waals surface area contributed by atoms with Gasteiger partial charge in [0.2, 0.25) is 0 Å². The molecular weight excluding hydrogens is 408 g/mol. The Morgan fingerprint density at radius 2 is 1.22 bits per heavy atom. The van der Waals surface area contributed by atoms with Gasteiger partial charge in [0.25, 0.3) is 0 Å². The molecule has 1 aliphatic rings. The predicted molar refractivity (Wildman–Crippen MR) is 127 cm³/mol. The molecule has 0 bridgehead atoms. The molecule has 190 valence electrons. The van der Waals surface area contributed by atoms with Gasteiger partial charge in [-0.1, -0.05) is 110 Å². The molecule has 0 aromatic heterocycles. The summed E-state index contributed by atoms with van der Waals surface area (Å²) in [5, 5.41) is 29.1. The highest BCUT2D eigenvalue weighted by molar-refractivity contribution is 5.69. The van der Waals surface area contributed by atoms with Gasteiger partial charge in [0.05, 0.1) is 13.2 Å². The van der Waals surface area contributed by atoms with E-state index in [4.69, 9.17) is 14.6 Å². The van der Waals surface area contributed by atoms with Crippen LogP contribution < -0.4 is 0 Å².